The third kappa shape index (κ3) is 1.69. The van der Waals surface area contributed by atoms with Crippen LogP contribution in [0.5, 0.6) is 5.75 Å². The van der Waals surface area contributed by atoms with Crippen LogP contribution in [-0.2, 0) is 11.2 Å². The molecule has 5 nitrogen and oxygen atoms in total. The number of aliphatic hydroxyl groups excluding tert-OH is 1. The summed E-state index contributed by atoms with van der Waals surface area (Å²) in [5, 5.41) is 12.4. The molecular formula is C20H24N2O3. The number of aromatic nitrogens is 1. The lowest BCUT2D eigenvalue weighted by Gasteiger charge is -2.65. The van der Waals surface area contributed by atoms with Crippen LogP contribution in [0, 0.1) is 17.8 Å². The van der Waals surface area contributed by atoms with E-state index in [1.807, 2.05) is 6.07 Å². The number of hydrogen-bond acceptors (Lipinski definition) is 4. The highest BCUT2D eigenvalue weighted by atomic mass is 16.5. The van der Waals surface area contributed by atoms with E-state index in [1.165, 1.54) is 22.2 Å². The summed E-state index contributed by atoms with van der Waals surface area (Å²) in [5.41, 5.74) is 3.91. The molecule has 7 rings (SSSR count). The fourth-order valence-corrected chi connectivity index (χ4v) is 6.35. The van der Waals surface area contributed by atoms with E-state index in [2.05, 4.69) is 28.9 Å². The first-order valence-electron chi connectivity index (χ1n) is 9.43. The van der Waals surface area contributed by atoms with Crippen molar-refractivity contribution in [3.8, 4) is 5.75 Å². The molecule has 5 aliphatic rings. The van der Waals surface area contributed by atoms with Crippen molar-refractivity contribution in [2.45, 2.75) is 44.2 Å². The lowest BCUT2D eigenvalue weighted by molar-refractivity contribution is -0.275. The van der Waals surface area contributed by atoms with Gasteiger partial charge in [-0.1, -0.05) is 0 Å². The van der Waals surface area contributed by atoms with Crippen molar-refractivity contribution in [1.82, 2.24) is 9.88 Å². The summed E-state index contributed by atoms with van der Waals surface area (Å²) >= 11 is 0. The summed E-state index contributed by atoms with van der Waals surface area (Å²) in [6.07, 6.45) is 1.90. The van der Waals surface area contributed by atoms with E-state index in [4.69, 9.17) is 9.47 Å². The Bertz CT molecular complexity index is 862. The molecule has 4 saturated heterocycles. The molecule has 0 amide bonds. The van der Waals surface area contributed by atoms with E-state index in [9.17, 15) is 5.11 Å². The molecule has 6 bridgehead atoms. The van der Waals surface area contributed by atoms with Crippen LogP contribution in [0.15, 0.2) is 18.2 Å². The van der Waals surface area contributed by atoms with Gasteiger partial charge in [-0.15, -0.1) is 0 Å². The Kier molecular flexibility index (Phi) is 2.79. The van der Waals surface area contributed by atoms with E-state index >= 15 is 0 Å². The van der Waals surface area contributed by atoms with Gasteiger partial charge in [0.15, 0.2) is 0 Å². The second kappa shape index (κ2) is 4.78. The highest BCUT2D eigenvalue weighted by Gasteiger charge is 2.61. The van der Waals surface area contributed by atoms with Crippen LogP contribution in [-0.4, -0.2) is 47.1 Å². The monoisotopic (exact) mass is 340 g/mol. The number of aromatic amines is 1. The summed E-state index contributed by atoms with van der Waals surface area (Å²) in [5.74, 6) is 2.29. The summed E-state index contributed by atoms with van der Waals surface area (Å²) < 4.78 is 11.5. The first-order chi connectivity index (χ1) is 12.2. The van der Waals surface area contributed by atoms with Gasteiger partial charge in [0.2, 0.25) is 0 Å². The average Bonchev–Trinajstić information content (AvgIpc) is 2.98. The van der Waals surface area contributed by atoms with Gasteiger partial charge >= 0.3 is 0 Å². The molecule has 1 aromatic heterocycles. The molecule has 0 aliphatic carbocycles. The molecule has 0 radical (unpaired) electrons. The third-order valence-corrected chi connectivity index (χ3v) is 7.41. The van der Waals surface area contributed by atoms with Crippen LogP contribution in [0.1, 0.15) is 30.6 Å². The van der Waals surface area contributed by atoms with Crippen LogP contribution < -0.4 is 4.74 Å². The predicted octanol–water partition coefficient (Wildman–Crippen LogP) is 2.45. The number of H-pyrrole nitrogens is 1. The number of rotatable bonds is 1. The highest BCUT2D eigenvalue weighted by molar-refractivity contribution is 5.86. The van der Waals surface area contributed by atoms with Crippen molar-refractivity contribution in [3.05, 3.63) is 29.5 Å². The van der Waals surface area contributed by atoms with Crippen molar-refractivity contribution in [2.24, 2.45) is 17.8 Å². The molecule has 5 aliphatic heterocycles. The zero-order valence-corrected chi connectivity index (χ0v) is 14.6. The maximum atomic E-state index is 11.1. The van der Waals surface area contributed by atoms with Crippen molar-refractivity contribution < 1.29 is 14.6 Å². The number of benzene rings is 1. The Labute approximate surface area is 146 Å². The topological polar surface area (TPSA) is 57.7 Å². The van der Waals surface area contributed by atoms with Crippen molar-refractivity contribution in [3.63, 3.8) is 0 Å². The van der Waals surface area contributed by atoms with Crippen molar-refractivity contribution in [2.75, 3.05) is 13.7 Å². The first kappa shape index (κ1) is 14.6. The van der Waals surface area contributed by atoms with E-state index in [0.29, 0.717) is 23.9 Å². The largest absolute Gasteiger partial charge is 0.497 e. The normalized spacial score (nSPS) is 44.0. The summed E-state index contributed by atoms with van der Waals surface area (Å²) in [7, 11) is 1.72. The van der Waals surface area contributed by atoms with Crippen molar-refractivity contribution >= 4 is 10.9 Å². The fraction of sp³-hybridized carbons (Fsp3) is 0.600. The molecular weight excluding hydrogens is 316 g/mol. The molecule has 0 saturated carbocycles. The fourth-order valence-electron chi connectivity index (χ4n) is 6.35. The van der Waals surface area contributed by atoms with Gasteiger partial charge in [0, 0.05) is 34.5 Å². The van der Waals surface area contributed by atoms with Crippen LogP contribution in [0.3, 0.4) is 0 Å². The Morgan fingerprint density at radius 1 is 1.32 bits per heavy atom. The minimum atomic E-state index is -0.380. The summed E-state index contributed by atoms with van der Waals surface area (Å²) in [6, 6.07) is 6.98. The van der Waals surface area contributed by atoms with Gasteiger partial charge in [-0.3, -0.25) is 4.90 Å². The third-order valence-electron chi connectivity index (χ3n) is 7.41. The number of piperidine rings is 3. The van der Waals surface area contributed by atoms with E-state index in [-0.39, 0.29) is 18.2 Å². The van der Waals surface area contributed by atoms with E-state index in [0.717, 1.165) is 25.2 Å². The summed E-state index contributed by atoms with van der Waals surface area (Å²) in [4.78, 5) is 6.07. The van der Waals surface area contributed by atoms with E-state index < -0.39 is 0 Å². The lowest BCUT2D eigenvalue weighted by atomic mass is 9.59. The Balaban J connectivity index is 1.52. The SMILES string of the molecule is COc1ccc2[nH]c3c(c2c1)CC1C2COC(C)C4C2CC3N1C4O. The zero-order valence-electron chi connectivity index (χ0n) is 14.6. The molecule has 2 aromatic rings. The van der Waals surface area contributed by atoms with Gasteiger partial charge in [-0.05, 0) is 49.4 Å². The van der Waals surface area contributed by atoms with Gasteiger partial charge in [0.25, 0.3) is 0 Å². The number of nitrogens with one attached hydrogen (secondary N) is 1. The number of methoxy groups -OCH3 is 1. The number of hydrogen-bond donors (Lipinski definition) is 2. The molecule has 8 atom stereocenters. The van der Waals surface area contributed by atoms with Crippen LogP contribution >= 0.6 is 0 Å². The second-order valence-corrected chi connectivity index (χ2v) is 8.26. The first-order valence-corrected chi connectivity index (χ1v) is 9.43. The van der Waals surface area contributed by atoms with Crippen LogP contribution in [0.4, 0.5) is 0 Å². The number of nitrogens with zero attached hydrogens (tertiary/aromatic N) is 1. The molecule has 25 heavy (non-hydrogen) atoms. The standard InChI is InChI=1S/C20H24N2O3/c1-9-18-12-6-17-19-13(11-5-10(24-2)3-4-15(11)21-19)7-16(14(12)8-25-9)22(17)20(18)23/h3-5,9,12,14,16-18,20-21,23H,6-8H2,1-2H3. The number of fused-ring (bicyclic) bond motifs is 3. The van der Waals surface area contributed by atoms with Crippen LogP contribution in [0.2, 0.25) is 0 Å². The molecule has 4 fully saturated rings. The molecule has 1 aromatic carbocycles. The maximum Gasteiger partial charge on any atom is 0.119 e. The van der Waals surface area contributed by atoms with Gasteiger partial charge in [-0.25, -0.2) is 0 Å². The molecule has 6 heterocycles. The Morgan fingerprint density at radius 3 is 3.04 bits per heavy atom. The second-order valence-electron chi connectivity index (χ2n) is 8.26. The molecule has 5 heteroatoms. The molecule has 8 unspecified atom stereocenters. The maximum absolute atomic E-state index is 11.1. The van der Waals surface area contributed by atoms with Gasteiger partial charge in [0.1, 0.15) is 12.0 Å². The predicted molar refractivity (Wildman–Crippen MR) is 93.4 cm³/mol. The molecule has 132 valence electrons. The minimum Gasteiger partial charge on any atom is -0.497 e. The number of ether oxygens (including phenoxy) is 2. The number of aliphatic hydroxyl groups is 1. The van der Waals surface area contributed by atoms with Gasteiger partial charge < -0.3 is 19.6 Å². The van der Waals surface area contributed by atoms with Gasteiger partial charge in [-0.2, -0.15) is 0 Å². The van der Waals surface area contributed by atoms with Gasteiger partial charge in [0.05, 0.1) is 25.9 Å². The average molecular weight is 340 g/mol. The Morgan fingerprint density at radius 2 is 2.20 bits per heavy atom. The highest BCUT2D eigenvalue weighted by Crippen LogP contribution is 2.58. The quantitative estimate of drug-likeness (QED) is 0.837. The molecule has 0 spiro atoms. The zero-order chi connectivity index (χ0) is 16.9. The molecule has 2 N–H and O–H groups in total. The summed E-state index contributed by atoms with van der Waals surface area (Å²) in [6.45, 7) is 2.96. The van der Waals surface area contributed by atoms with Crippen LogP contribution in [0.25, 0.3) is 10.9 Å². The lowest BCUT2D eigenvalue weighted by Crippen LogP contribution is -2.71. The Hall–Kier alpha value is -1.56. The van der Waals surface area contributed by atoms with E-state index in [1.54, 1.807) is 7.11 Å². The smallest absolute Gasteiger partial charge is 0.119 e. The minimum absolute atomic E-state index is 0.159. The van der Waals surface area contributed by atoms with Crippen molar-refractivity contribution in [1.29, 1.82) is 0 Å².